The summed E-state index contributed by atoms with van der Waals surface area (Å²) in [5.41, 5.74) is 0. The summed E-state index contributed by atoms with van der Waals surface area (Å²) in [6.07, 6.45) is 6.81. The molecular weight excluding hydrogens is 214 g/mol. The smallest absolute Gasteiger partial charge is 0.138 e. The molecule has 1 heterocycles. The summed E-state index contributed by atoms with van der Waals surface area (Å²) in [5.74, 6) is 2.16. The van der Waals surface area contributed by atoms with Crippen molar-refractivity contribution in [2.75, 3.05) is 0 Å². The number of aromatic nitrogens is 3. The predicted molar refractivity (Wildman–Crippen MR) is 66.5 cm³/mol. The van der Waals surface area contributed by atoms with Gasteiger partial charge in [0, 0.05) is 13.0 Å². The average molecular weight is 237 g/mol. The van der Waals surface area contributed by atoms with Crippen molar-refractivity contribution in [3.63, 3.8) is 0 Å². The van der Waals surface area contributed by atoms with E-state index in [1.807, 2.05) is 4.68 Å². The van der Waals surface area contributed by atoms with Crippen molar-refractivity contribution in [3.05, 3.63) is 12.2 Å². The van der Waals surface area contributed by atoms with Gasteiger partial charge in [-0.25, -0.2) is 4.98 Å². The zero-order valence-corrected chi connectivity index (χ0v) is 10.8. The van der Waals surface area contributed by atoms with Crippen molar-refractivity contribution < 1.29 is 5.11 Å². The third kappa shape index (κ3) is 2.86. The van der Waals surface area contributed by atoms with E-state index in [9.17, 15) is 5.11 Å². The van der Waals surface area contributed by atoms with Gasteiger partial charge < -0.3 is 5.11 Å². The molecule has 0 bridgehead atoms. The molecule has 1 aliphatic carbocycles. The highest BCUT2D eigenvalue weighted by Crippen LogP contribution is 2.32. The second kappa shape index (κ2) is 5.63. The lowest BCUT2D eigenvalue weighted by molar-refractivity contribution is 0.0460. The summed E-state index contributed by atoms with van der Waals surface area (Å²) in [6, 6.07) is 0. The van der Waals surface area contributed by atoms with Gasteiger partial charge in [0.2, 0.25) is 0 Å². The number of aryl methyl sites for hydroxylation is 1. The molecule has 1 aromatic heterocycles. The van der Waals surface area contributed by atoms with Crippen molar-refractivity contribution in [2.24, 2.45) is 11.8 Å². The Labute approximate surface area is 103 Å². The van der Waals surface area contributed by atoms with Crippen LogP contribution in [0.2, 0.25) is 0 Å². The Balaban J connectivity index is 2.01. The van der Waals surface area contributed by atoms with Gasteiger partial charge in [0.15, 0.2) is 0 Å². The van der Waals surface area contributed by atoms with Crippen LogP contribution in [0, 0.1) is 11.8 Å². The molecule has 1 fully saturated rings. The van der Waals surface area contributed by atoms with Gasteiger partial charge >= 0.3 is 0 Å². The minimum Gasteiger partial charge on any atom is -0.393 e. The van der Waals surface area contributed by atoms with Crippen LogP contribution in [-0.2, 0) is 13.0 Å². The van der Waals surface area contributed by atoms with Gasteiger partial charge in [-0.15, -0.1) is 0 Å². The van der Waals surface area contributed by atoms with Gasteiger partial charge in [0.1, 0.15) is 12.2 Å². The highest BCUT2D eigenvalue weighted by molar-refractivity contribution is 4.91. The largest absolute Gasteiger partial charge is 0.393 e. The number of aliphatic hydroxyl groups excluding tert-OH is 1. The topological polar surface area (TPSA) is 50.9 Å². The first-order chi connectivity index (χ1) is 8.24. The van der Waals surface area contributed by atoms with Crippen LogP contribution in [0.25, 0.3) is 0 Å². The molecule has 0 aliphatic heterocycles. The summed E-state index contributed by atoms with van der Waals surface area (Å²) in [6.45, 7) is 5.17. The fourth-order valence-corrected chi connectivity index (χ4v) is 2.88. The summed E-state index contributed by atoms with van der Waals surface area (Å²) in [5, 5.41) is 14.3. The van der Waals surface area contributed by atoms with Crippen LogP contribution < -0.4 is 0 Å². The molecule has 1 N–H and O–H groups in total. The van der Waals surface area contributed by atoms with E-state index in [1.165, 1.54) is 12.8 Å². The van der Waals surface area contributed by atoms with Gasteiger partial charge in [-0.05, 0) is 38.0 Å². The minimum atomic E-state index is -0.153. The van der Waals surface area contributed by atoms with E-state index in [0.717, 1.165) is 37.5 Å². The van der Waals surface area contributed by atoms with E-state index in [1.54, 1.807) is 6.33 Å². The Morgan fingerprint density at radius 1 is 1.41 bits per heavy atom. The molecule has 2 rings (SSSR count). The van der Waals surface area contributed by atoms with Gasteiger partial charge in [-0.3, -0.25) is 4.68 Å². The number of nitrogens with zero attached hydrogens (tertiary/aromatic N) is 3. The van der Waals surface area contributed by atoms with E-state index < -0.39 is 0 Å². The molecule has 1 saturated carbocycles. The Kier molecular flexibility index (Phi) is 4.15. The lowest BCUT2D eigenvalue weighted by atomic mass is 9.77. The lowest BCUT2D eigenvalue weighted by Gasteiger charge is -2.32. The zero-order valence-electron chi connectivity index (χ0n) is 10.8. The fraction of sp³-hybridized carbons (Fsp3) is 0.846. The van der Waals surface area contributed by atoms with Crippen molar-refractivity contribution in [3.8, 4) is 0 Å². The van der Waals surface area contributed by atoms with Crippen molar-refractivity contribution in [2.45, 2.75) is 58.6 Å². The van der Waals surface area contributed by atoms with E-state index in [2.05, 4.69) is 23.9 Å². The quantitative estimate of drug-likeness (QED) is 0.871. The van der Waals surface area contributed by atoms with Gasteiger partial charge in [0.05, 0.1) is 6.10 Å². The molecule has 0 aromatic carbocycles. The molecule has 96 valence electrons. The van der Waals surface area contributed by atoms with E-state index in [0.29, 0.717) is 5.92 Å². The molecule has 4 heteroatoms. The zero-order chi connectivity index (χ0) is 12.3. The second-order valence-corrected chi connectivity index (χ2v) is 5.11. The third-order valence-corrected chi connectivity index (χ3v) is 4.07. The van der Waals surface area contributed by atoms with Crippen LogP contribution in [0.5, 0.6) is 0 Å². The minimum absolute atomic E-state index is 0.153. The number of hydrogen-bond acceptors (Lipinski definition) is 3. The fourth-order valence-electron chi connectivity index (χ4n) is 2.88. The Hall–Kier alpha value is -0.900. The third-order valence-electron chi connectivity index (χ3n) is 4.07. The summed E-state index contributed by atoms with van der Waals surface area (Å²) in [4.78, 5) is 4.31. The first kappa shape index (κ1) is 12.6. The van der Waals surface area contributed by atoms with Crippen LogP contribution in [0.1, 0.15) is 45.4 Å². The van der Waals surface area contributed by atoms with Crippen LogP contribution >= 0.6 is 0 Å². The number of hydrogen-bond donors (Lipinski definition) is 1. The molecule has 0 saturated heterocycles. The maximum absolute atomic E-state index is 10.1. The predicted octanol–water partition coefficient (Wildman–Crippen LogP) is 2.03. The van der Waals surface area contributed by atoms with Crippen molar-refractivity contribution in [1.82, 2.24) is 14.8 Å². The van der Waals surface area contributed by atoms with E-state index in [-0.39, 0.29) is 6.10 Å². The maximum Gasteiger partial charge on any atom is 0.138 e. The van der Waals surface area contributed by atoms with Crippen LogP contribution in [0.3, 0.4) is 0 Å². The lowest BCUT2D eigenvalue weighted by Crippen LogP contribution is -2.31. The first-order valence-electron chi connectivity index (χ1n) is 6.79. The molecule has 0 amide bonds. The first-order valence-corrected chi connectivity index (χ1v) is 6.79. The number of rotatable bonds is 4. The number of aliphatic hydroxyl groups is 1. The van der Waals surface area contributed by atoms with Crippen LogP contribution in [-0.4, -0.2) is 26.0 Å². The van der Waals surface area contributed by atoms with Gasteiger partial charge in [-0.2, -0.15) is 5.10 Å². The molecule has 1 aliphatic rings. The Bertz CT molecular complexity index is 350. The van der Waals surface area contributed by atoms with Gasteiger partial charge in [-0.1, -0.05) is 13.3 Å². The monoisotopic (exact) mass is 237 g/mol. The summed E-state index contributed by atoms with van der Waals surface area (Å²) in [7, 11) is 0. The molecule has 17 heavy (non-hydrogen) atoms. The molecule has 3 unspecified atom stereocenters. The molecule has 0 radical (unpaired) electrons. The summed E-state index contributed by atoms with van der Waals surface area (Å²) >= 11 is 0. The highest BCUT2D eigenvalue weighted by atomic mass is 16.3. The molecule has 4 nitrogen and oxygen atoms in total. The molecule has 0 spiro atoms. The van der Waals surface area contributed by atoms with Crippen molar-refractivity contribution in [1.29, 1.82) is 0 Å². The average Bonchev–Trinajstić information content (AvgIpc) is 2.79. The SMILES string of the molecule is CCC1CCC(O)C(Cc2ncnn2CC)C1. The van der Waals surface area contributed by atoms with E-state index >= 15 is 0 Å². The summed E-state index contributed by atoms with van der Waals surface area (Å²) < 4.78 is 1.93. The highest BCUT2D eigenvalue weighted by Gasteiger charge is 2.29. The van der Waals surface area contributed by atoms with Crippen LogP contribution in [0.15, 0.2) is 6.33 Å². The van der Waals surface area contributed by atoms with E-state index in [4.69, 9.17) is 0 Å². The van der Waals surface area contributed by atoms with Gasteiger partial charge in [0.25, 0.3) is 0 Å². The maximum atomic E-state index is 10.1. The van der Waals surface area contributed by atoms with Crippen molar-refractivity contribution >= 4 is 0 Å². The second-order valence-electron chi connectivity index (χ2n) is 5.11. The Morgan fingerprint density at radius 2 is 2.24 bits per heavy atom. The molecule has 1 aromatic rings. The molecular formula is C13H23N3O. The standard InChI is InChI=1S/C13H23N3O/c1-3-10-5-6-12(17)11(7-10)8-13-14-9-15-16(13)4-2/h9-12,17H,3-8H2,1-2H3. The Morgan fingerprint density at radius 3 is 2.94 bits per heavy atom. The normalized spacial score (nSPS) is 29.5. The van der Waals surface area contributed by atoms with Crippen LogP contribution in [0.4, 0.5) is 0 Å². The molecule has 3 atom stereocenters.